The highest BCUT2D eigenvalue weighted by Gasteiger charge is 2.44. The lowest BCUT2D eigenvalue weighted by molar-refractivity contribution is -0.119. The molecule has 2 aromatic carbocycles. The zero-order chi connectivity index (χ0) is 22.7. The van der Waals surface area contributed by atoms with Crippen LogP contribution in [0.3, 0.4) is 0 Å². The summed E-state index contributed by atoms with van der Waals surface area (Å²) in [5.74, 6) is -1.60. The monoisotopic (exact) mass is 440 g/mol. The van der Waals surface area contributed by atoms with Crippen LogP contribution in [0.1, 0.15) is 28.4 Å². The van der Waals surface area contributed by atoms with Crippen molar-refractivity contribution in [3.05, 3.63) is 58.9 Å². The number of halogens is 1. The van der Waals surface area contributed by atoms with Crippen molar-refractivity contribution < 1.29 is 18.7 Å². The van der Waals surface area contributed by atoms with Crippen molar-refractivity contribution in [2.45, 2.75) is 19.9 Å². The fraction of sp³-hybridized carbons (Fsp3) is 0.273. The zero-order valence-electron chi connectivity index (χ0n) is 17.3. The Labute approximate surface area is 185 Å². The van der Waals surface area contributed by atoms with Gasteiger partial charge in [0, 0.05) is 19.3 Å². The molecule has 9 heteroatoms. The summed E-state index contributed by atoms with van der Waals surface area (Å²) in [6.45, 7) is 4.03. The largest absolute Gasteiger partial charge is 0.379 e. The van der Waals surface area contributed by atoms with Crippen LogP contribution in [0.15, 0.2) is 36.4 Å². The number of carbonyl (C=O) groups is 2. The molecule has 0 saturated carbocycles. The Hall–Kier alpha value is -3.35. The first kappa shape index (κ1) is 22.3. The molecule has 1 N–H and O–H groups in total. The number of carbonyl (C=O) groups excluding carboxylic acids is 2. The highest BCUT2D eigenvalue weighted by Crippen LogP contribution is 2.32. The fourth-order valence-electron chi connectivity index (χ4n) is 3.38. The molecule has 0 spiro atoms. The van der Waals surface area contributed by atoms with Crippen LogP contribution < -0.4 is 15.1 Å². The summed E-state index contributed by atoms with van der Waals surface area (Å²) in [7, 11) is 1.42. The molecular weight excluding hydrogens is 419 g/mol. The molecule has 2 aromatic rings. The Kier molecular flexibility index (Phi) is 6.63. The molecule has 1 heterocycles. The topological polar surface area (TPSA) is 85.7 Å². The maximum Gasteiger partial charge on any atom is 0.258 e. The maximum atomic E-state index is 14.6. The van der Waals surface area contributed by atoms with E-state index in [1.54, 1.807) is 31.2 Å². The molecule has 1 atom stereocenters. The smallest absolute Gasteiger partial charge is 0.258 e. The first-order valence-electron chi connectivity index (χ1n) is 9.61. The molecule has 0 bridgehead atoms. The minimum absolute atomic E-state index is 0.0556. The molecule has 7 nitrogen and oxygen atoms in total. The summed E-state index contributed by atoms with van der Waals surface area (Å²) in [5.41, 5.74) is 1.94. The second-order valence-corrected chi connectivity index (χ2v) is 7.22. The number of rotatable bonds is 6. The molecule has 160 valence electrons. The number of aryl methyl sites for hydroxylation is 1. The molecule has 1 unspecified atom stereocenters. The molecule has 1 saturated heterocycles. The molecule has 0 radical (unpaired) electrons. The fourth-order valence-corrected chi connectivity index (χ4v) is 3.81. The van der Waals surface area contributed by atoms with E-state index in [1.165, 1.54) is 29.0 Å². The number of thiocarbonyl (C=S) groups is 1. The zero-order valence-corrected chi connectivity index (χ0v) is 18.1. The standard InChI is InChI=1S/C22H21FN4O3S/c1-4-30-12-19-21(29)27(15-6-5-14(11-24)13(2)9-15)22(31)26(19)16-7-8-17(18(23)10-16)20(28)25-3/h5-10,19H,4,12H2,1-3H3,(H,25,28). The third-order valence-corrected chi connectivity index (χ3v) is 5.36. The number of hydrogen-bond acceptors (Lipinski definition) is 5. The average Bonchev–Trinajstić information content (AvgIpc) is 3.00. The number of nitrogens with one attached hydrogen (secondary N) is 1. The quantitative estimate of drug-likeness (QED) is 0.696. The summed E-state index contributed by atoms with van der Waals surface area (Å²) in [4.78, 5) is 28.0. The van der Waals surface area contributed by atoms with Crippen molar-refractivity contribution >= 4 is 40.5 Å². The number of benzene rings is 2. The van der Waals surface area contributed by atoms with Gasteiger partial charge in [-0.05, 0) is 68.0 Å². The van der Waals surface area contributed by atoms with Crippen LogP contribution in [0, 0.1) is 24.1 Å². The van der Waals surface area contributed by atoms with Crippen LogP contribution in [0.25, 0.3) is 0 Å². The molecule has 2 amide bonds. The van der Waals surface area contributed by atoms with Crippen LogP contribution in [0.5, 0.6) is 0 Å². The van der Waals surface area contributed by atoms with E-state index in [4.69, 9.17) is 22.2 Å². The van der Waals surface area contributed by atoms with Crippen LogP contribution in [0.2, 0.25) is 0 Å². The van der Waals surface area contributed by atoms with Crippen molar-refractivity contribution in [2.24, 2.45) is 0 Å². The molecule has 0 aliphatic carbocycles. The van der Waals surface area contributed by atoms with Crippen molar-refractivity contribution in [2.75, 3.05) is 30.1 Å². The summed E-state index contributed by atoms with van der Waals surface area (Å²) in [5, 5.41) is 11.7. The molecule has 1 fully saturated rings. The Morgan fingerprint density at radius 1 is 1.29 bits per heavy atom. The van der Waals surface area contributed by atoms with Gasteiger partial charge >= 0.3 is 0 Å². The SMILES string of the molecule is CCOCC1C(=O)N(c2ccc(C#N)c(C)c2)C(=S)N1c1ccc(C(=O)NC)c(F)c1. The van der Waals surface area contributed by atoms with E-state index < -0.39 is 17.8 Å². The Morgan fingerprint density at radius 2 is 2.00 bits per heavy atom. The normalized spacial score (nSPS) is 15.9. The van der Waals surface area contributed by atoms with Crippen LogP contribution in [-0.4, -0.2) is 43.2 Å². The third kappa shape index (κ3) is 4.13. The number of amides is 2. The van der Waals surface area contributed by atoms with Crippen LogP contribution in [-0.2, 0) is 9.53 Å². The van der Waals surface area contributed by atoms with Crippen LogP contribution >= 0.6 is 12.2 Å². The lowest BCUT2D eigenvalue weighted by atomic mass is 10.1. The van der Waals surface area contributed by atoms with Crippen molar-refractivity contribution in [3.63, 3.8) is 0 Å². The number of nitrogens with zero attached hydrogens (tertiary/aromatic N) is 3. The second kappa shape index (κ2) is 9.20. The van der Waals surface area contributed by atoms with Gasteiger partial charge in [-0.3, -0.25) is 14.5 Å². The molecule has 1 aliphatic rings. The molecule has 3 rings (SSSR count). The Bertz CT molecular complexity index is 1100. The molecule has 31 heavy (non-hydrogen) atoms. The highest BCUT2D eigenvalue weighted by atomic mass is 32.1. The van der Waals surface area contributed by atoms with E-state index in [0.29, 0.717) is 29.1 Å². The lowest BCUT2D eigenvalue weighted by Crippen LogP contribution is -2.38. The Balaban J connectivity index is 2.04. The first-order valence-corrected chi connectivity index (χ1v) is 10.0. The summed E-state index contributed by atoms with van der Waals surface area (Å²) in [6.07, 6.45) is 0. The number of hydrogen-bond donors (Lipinski definition) is 1. The summed E-state index contributed by atoms with van der Waals surface area (Å²) in [6, 6.07) is 10.3. The van der Waals surface area contributed by atoms with Gasteiger partial charge in [-0.1, -0.05) is 0 Å². The predicted molar refractivity (Wildman–Crippen MR) is 119 cm³/mol. The van der Waals surface area contributed by atoms with E-state index >= 15 is 0 Å². The second-order valence-electron chi connectivity index (χ2n) is 6.86. The summed E-state index contributed by atoms with van der Waals surface area (Å²) < 4.78 is 20.1. The van der Waals surface area contributed by atoms with E-state index in [-0.39, 0.29) is 23.2 Å². The maximum absolute atomic E-state index is 14.6. The highest BCUT2D eigenvalue weighted by molar-refractivity contribution is 7.81. The van der Waals surface area contributed by atoms with Crippen molar-refractivity contribution in [1.82, 2.24) is 5.32 Å². The van der Waals surface area contributed by atoms with E-state index in [9.17, 15) is 14.0 Å². The van der Waals surface area contributed by atoms with Gasteiger partial charge in [0.15, 0.2) is 5.11 Å². The van der Waals surface area contributed by atoms with Gasteiger partial charge in [0.05, 0.1) is 29.5 Å². The molecular formula is C22H21FN4O3S. The van der Waals surface area contributed by atoms with Gasteiger partial charge in [-0.2, -0.15) is 5.26 Å². The molecule has 1 aliphatic heterocycles. The Morgan fingerprint density at radius 3 is 2.58 bits per heavy atom. The summed E-state index contributed by atoms with van der Waals surface area (Å²) >= 11 is 5.59. The lowest BCUT2D eigenvalue weighted by Gasteiger charge is -2.24. The number of nitriles is 1. The van der Waals surface area contributed by atoms with Gasteiger partial charge in [0.25, 0.3) is 11.8 Å². The van der Waals surface area contributed by atoms with E-state index in [2.05, 4.69) is 11.4 Å². The third-order valence-electron chi connectivity index (χ3n) is 4.99. The number of ether oxygens (including phenoxy) is 1. The minimum atomic E-state index is -0.798. The minimum Gasteiger partial charge on any atom is -0.379 e. The van der Waals surface area contributed by atoms with Crippen molar-refractivity contribution in [1.29, 1.82) is 5.26 Å². The average molecular weight is 441 g/mol. The van der Waals surface area contributed by atoms with Gasteiger partial charge in [0.1, 0.15) is 11.9 Å². The predicted octanol–water partition coefficient (Wildman–Crippen LogP) is 2.91. The van der Waals surface area contributed by atoms with Crippen LogP contribution in [0.4, 0.5) is 15.8 Å². The van der Waals surface area contributed by atoms with Gasteiger partial charge < -0.3 is 15.0 Å². The van der Waals surface area contributed by atoms with Gasteiger partial charge in [0.2, 0.25) is 0 Å². The molecule has 0 aromatic heterocycles. The van der Waals surface area contributed by atoms with Gasteiger partial charge in [-0.15, -0.1) is 0 Å². The van der Waals surface area contributed by atoms with Crippen molar-refractivity contribution in [3.8, 4) is 6.07 Å². The first-order chi connectivity index (χ1) is 14.8. The van der Waals surface area contributed by atoms with E-state index in [1.807, 2.05) is 6.92 Å². The van der Waals surface area contributed by atoms with E-state index in [0.717, 1.165) is 0 Å². The van der Waals surface area contributed by atoms with Gasteiger partial charge in [-0.25, -0.2) is 4.39 Å². The number of anilines is 2.